The molecule has 0 N–H and O–H groups in total. The van der Waals surface area contributed by atoms with Crippen molar-refractivity contribution in [1.29, 1.82) is 0 Å². The van der Waals surface area contributed by atoms with Crippen LogP contribution >= 0.6 is 0 Å². The Morgan fingerprint density at radius 1 is 1.08 bits per heavy atom. The largest absolute Gasteiger partial charge is 0.464 e. The van der Waals surface area contributed by atoms with Gasteiger partial charge in [-0.1, -0.05) is 18.2 Å². The Labute approximate surface area is 71.0 Å². The summed E-state index contributed by atoms with van der Waals surface area (Å²) in [5.41, 5.74) is 3.87. The molecule has 1 aliphatic carbocycles. The maximum absolute atomic E-state index is 5.52. The van der Waals surface area contributed by atoms with E-state index < -0.39 is 0 Å². The van der Waals surface area contributed by atoms with E-state index in [1.807, 2.05) is 6.26 Å². The number of hydrogen-bond donors (Lipinski definition) is 0. The summed E-state index contributed by atoms with van der Waals surface area (Å²) in [4.78, 5) is 0. The number of para-hydroxylation sites is 1. The lowest BCUT2D eigenvalue weighted by molar-refractivity contribution is 0.595. The smallest absolute Gasteiger partial charge is 0.137 e. The molecule has 1 aromatic heterocycles. The van der Waals surface area contributed by atoms with Gasteiger partial charge in [-0.15, -0.1) is 0 Å². The molecule has 60 valence electrons. The van der Waals surface area contributed by atoms with E-state index in [0.717, 1.165) is 5.58 Å². The Morgan fingerprint density at radius 2 is 2.00 bits per heavy atom. The Hall–Kier alpha value is -1.24. The van der Waals surface area contributed by atoms with Gasteiger partial charge in [0, 0.05) is 5.39 Å². The third-order valence-corrected chi connectivity index (χ3v) is 2.65. The quantitative estimate of drug-likeness (QED) is 0.574. The van der Waals surface area contributed by atoms with Gasteiger partial charge >= 0.3 is 0 Å². The fraction of sp³-hybridized carbons (Fsp3) is 0.273. The first-order valence-corrected chi connectivity index (χ1v) is 4.43. The van der Waals surface area contributed by atoms with E-state index in [1.54, 1.807) is 0 Å². The van der Waals surface area contributed by atoms with Gasteiger partial charge in [-0.05, 0) is 30.4 Å². The summed E-state index contributed by atoms with van der Waals surface area (Å²) >= 11 is 0. The van der Waals surface area contributed by atoms with Crippen LogP contribution in [0.2, 0.25) is 0 Å². The van der Waals surface area contributed by atoms with E-state index in [9.17, 15) is 0 Å². The van der Waals surface area contributed by atoms with Crippen molar-refractivity contribution in [2.45, 2.75) is 19.3 Å². The second kappa shape index (κ2) is 2.13. The van der Waals surface area contributed by atoms with Gasteiger partial charge < -0.3 is 4.42 Å². The lowest BCUT2D eigenvalue weighted by atomic mass is 10.1. The fourth-order valence-electron chi connectivity index (χ4n) is 2.03. The zero-order valence-electron chi connectivity index (χ0n) is 6.84. The minimum absolute atomic E-state index is 1.12. The molecule has 0 amide bonds. The predicted molar refractivity (Wildman–Crippen MR) is 48.2 cm³/mol. The van der Waals surface area contributed by atoms with Crippen LogP contribution in [0.15, 0.2) is 28.9 Å². The van der Waals surface area contributed by atoms with Gasteiger partial charge in [0.15, 0.2) is 0 Å². The number of rotatable bonds is 0. The highest BCUT2D eigenvalue weighted by Crippen LogP contribution is 2.29. The van der Waals surface area contributed by atoms with Gasteiger partial charge in [-0.25, -0.2) is 0 Å². The van der Waals surface area contributed by atoms with E-state index in [-0.39, 0.29) is 0 Å². The molecule has 1 nitrogen and oxygen atoms in total. The van der Waals surface area contributed by atoms with Crippen LogP contribution in [-0.2, 0) is 12.8 Å². The van der Waals surface area contributed by atoms with E-state index in [1.165, 1.54) is 35.8 Å². The molecule has 0 saturated carbocycles. The molecule has 0 fully saturated rings. The molecule has 0 unspecified atom stereocenters. The molecule has 1 aromatic carbocycles. The summed E-state index contributed by atoms with van der Waals surface area (Å²) in [6, 6.07) is 6.45. The summed E-state index contributed by atoms with van der Waals surface area (Å²) in [6.07, 6.45) is 5.50. The third kappa shape index (κ3) is 0.685. The second-order valence-corrected chi connectivity index (χ2v) is 3.41. The van der Waals surface area contributed by atoms with Gasteiger partial charge in [-0.3, -0.25) is 0 Å². The molecular formula is C11H10O. The van der Waals surface area contributed by atoms with Crippen molar-refractivity contribution in [3.05, 3.63) is 35.6 Å². The van der Waals surface area contributed by atoms with Crippen molar-refractivity contribution in [2.75, 3.05) is 0 Å². The Morgan fingerprint density at radius 3 is 3.00 bits per heavy atom. The molecule has 12 heavy (non-hydrogen) atoms. The van der Waals surface area contributed by atoms with Crippen LogP contribution in [-0.4, -0.2) is 0 Å². The standard InChI is InChI=1S/C11H10O/c1-3-8-4-2-6-10-9(5-1)7-12-11(8)10/h2,4,6-7H,1,3,5H2. The second-order valence-electron chi connectivity index (χ2n) is 3.41. The van der Waals surface area contributed by atoms with Crippen molar-refractivity contribution in [1.82, 2.24) is 0 Å². The first-order chi connectivity index (χ1) is 5.95. The molecule has 1 heterocycles. The van der Waals surface area contributed by atoms with Gasteiger partial charge in [0.2, 0.25) is 0 Å². The first kappa shape index (κ1) is 6.30. The van der Waals surface area contributed by atoms with E-state index >= 15 is 0 Å². The van der Waals surface area contributed by atoms with E-state index in [0.29, 0.717) is 0 Å². The minimum atomic E-state index is 1.12. The average molecular weight is 158 g/mol. The highest BCUT2D eigenvalue weighted by Gasteiger charge is 2.13. The van der Waals surface area contributed by atoms with Crippen LogP contribution in [0.4, 0.5) is 0 Å². The van der Waals surface area contributed by atoms with Gasteiger partial charge in [0.05, 0.1) is 6.26 Å². The highest BCUT2D eigenvalue weighted by atomic mass is 16.3. The molecular weight excluding hydrogens is 148 g/mol. The maximum Gasteiger partial charge on any atom is 0.137 e. The van der Waals surface area contributed by atoms with Crippen LogP contribution in [0.3, 0.4) is 0 Å². The summed E-state index contributed by atoms with van der Waals surface area (Å²) in [5, 5.41) is 1.32. The predicted octanol–water partition coefficient (Wildman–Crippen LogP) is 2.92. The molecule has 3 rings (SSSR count). The average Bonchev–Trinajstić information content (AvgIpc) is 2.41. The number of benzene rings is 1. The molecule has 4 bridgehead atoms. The first-order valence-electron chi connectivity index (χ1n) is 4.43. The van der Waals surface area contributed by atoms with Gasteiger partial charge in [-0.2, -0.15) is 0 Å². The number of furan rings is 1. The lowest BCUT2D eigenvalue weighted by Gasteiger charge is -1.97. The van der Waals surface area contributed by atoms with Crippen molar-refractivity contribution < 1.29 is 4.42 Å². The summed E-state index contributed by atoms with van der Waals surface area (Å²) in [6.45, 7) is 0. The summed E-state index contributed by atoms with van der Waals surface area (Å²) < 4.78 is 5.52. The Balaban J connectivity index is 2.51. The van der Waals surface area contributed by atoms with Crippen LogP contribution in [0.5, 0.6) is 0 Å². The van der Waals surface area contributed by atoms with Crippen LogP contribution in [0.25, 0.3) is 11.0 Å². The highest BCUT2D eigenvalue weighted by molar-refractivity contribution is 5.84. The van der Waals surface area contributed by atoms with Gasteiger partial charge in [0.1, 0.15) is 5.58 Å². The summed E-state index contributed by atoms with van der Waals surface area (Å²) in [5.74, 6) is 0. The van der Waals surface area contributed by atoms with Crippen molar-refractivity contribution in [2.24, 2.45) is 0 Å². The molecule has 1 heteroatoms. The van der Waals surface area contributed by atoms with E-state index in [2.05, 4.69) is 18.2 Å². The zero-order chi connectivity index (χ0) is 7.97. The third-order valence-electron chi connectivity index (χ3n) is 2.65. The molecule has 2 aromatic rings. The molecule has 1 aliphatic rings. The fourth-order valence-corrected chi connectivity index (χ4v) is 2.03. The minimum Gasteiger partial charge on any atom is -0.464 e. The molecule has 0 atom stereocenters. The lowest BCUT2D eigenvalue weighted by Crippen LogP contribution is -1.85. The van der Waals surface area contributed by atoms with Crippen molar-refractivity contribution >= 4 is 11.0 Å². The molecule has 0 radical (unpaired) electrons. The van der Waals surface area contributed by atoms with Crippen LogP contribution < -0.4 is 0 Å². The van der Waals surface area contributed by atoms with E-state index in [4.69, 9.17) is 4.42 Å². The SMILES string of the molecule is c1cc2c3occ(c3c1)CCC2. The number of hydrogen-bond acceptors (Lipinski definition) is 1. The monoisotopic (exact) mass is 158 g/mol. The zero-order valence-corrected chi connectivity index (χ0v) is 6.84. The molecule has 0 saturated heterocycles. The van der Waals surface area contributed by atoms with Crippen molar-refractivity contribution in [3.63, 3.8) is 0 Å². The van der Waals surface area contributed by atoms with Crippen LogP contribution in [0.1, 0.15) is 17.5 Å². The Kier molecular flexibility index (Phi) is 1.12. The van der Waals surface area contributed by atoms with Gasteiger partial charge in [0.25, 0.3) is 0 Å². The maximum atomic E-state index is 5.52. The molecule has 0 spiro atoms. The number of aryl methyl sites for hydroxylation is 2. The normalized spacial score (nSPS) is 15.3. The molecule has 0 aliphatic heterocycles. The summed E-state index contributed by atoms with van der Waals surface area (Å²) in [7, 11) is 0. The van der Waals surface area contributed by atoms with Crippen molar-refractivity contribution in [3.8, 4) is 0 Å². The van der Waals surface area contributed by atoms with Crippen LogP contribution in [0, 0.1) is 0 Å². The topological polar surface area (TPSA) is 13.1 Å². The Bertz CT molecular complexity index is 425.